The van der Waals surface area contributed by atoms with Gasteiger partial charge in [-0.25, -0.2) is 4.39 Å². The molecule has 2 aromatic carbocycles. The number of amides is 1. The maximum atomic E-state index is 13.5. The van der Waals surface area contributed by atoms with E-state index in [0.29, 0.717) is 30.4 Å². The lowest BCUT2D eigenvalue weighted by molar-refractivity contribution is -0.126. The molecule has 3 aromatic rings. The zero-order valence-corrected chi connectivity index (χ0v) is 18.3. The number of carbonyl (C=O) groups excluding carboxylic acids is 1. The maximum Gasteiger partial charge on any atom is 0.237 e. The average molecular weight is 439 g/mol. The zero-order valence-electron chi connectivity index (χ0n) is 18.3. The molecular formula is C24H27FN4O3. The van der Waals surface area contributed by atoms with Crippen LogP contribution in [0.1, 0.15) is 37.1 Å². The number of ether oxygens (including phenoxy) is 1. The molecule has 1 saturated heterocycles. The van der Waals surface area contributed by atoms with E-state index in [2.05, 4.69) is 20.4 Å². The second-order valence-electron chi connectivity index (χ2n) is 8.01. The van der Waals surface area contributed by atoms with Crippen molar-refractivity contribution in [3.63, 3.8) is 0 Å². The van der Waals surface area contributed by atoms with Crippen LogP contribution in [0.5, 0.6) is 5.75 Å². The largest absolute Gasteiger partial charge is 0.496 e. The standard InChI is InChI=1S/C24H27FN4O3/c1-16(23(30)26-14-18-7-3-4-11-21(18)31-2)29-12-6-9-19(15-29)24-27-22(28-32-24)17-8-5-10-20(25)13-17/h3-5,7-8,10-11,13,16,19H,6,9,12,14-15H2,1-2H3,(H,26,30). The first-order valence-electron chi connectivity index (χ1n) is 10.8. The summed E-state index contributed by atoms with van der Waals surface area (Å²) in [5, 5.41) is 7.03. The highest BCUT2D eigenvalue weighted by Gasteiger charge is 2.31. The van der Waals surface area contributed by atoms with Crippen molar-refractivity contribution in [3.8, 4) is 17.1 Å². The van der Waals surface area contributed by atoms with Crippen LogP contribution < -0.4 is 10.1 Å². The van der Waals surface area contributed by atoms with Crippen LogP contribution in [0.3, 0.4) is 0 Å². The van der Waals surface area contributed by atoms with Gasteiger partial charge in [0.2, 0.25) is 17.6 Å². The van der Waals surface area contributed by atoms with Crippen LogP contribution >= 0.6 is 0 Å². The first kappa shape index (κ1) is 22.0. The molecule has 7 nitrogen and oxygen atoms in total. The molecule has 8 heteroatoms. The molecule has 1 aromatic heterocycles. The van der Waals surface area contributed by atoms with Crippen molar-refractivity contribution in [1.29, 1.82) is 0 Å². The minimum Gasteiger partial charge on any atom is -0.496 e. The third-order valence-corrected chi connectivity index (χ3v) is 5.90. The number of hydrogen-bond donors (Lipinski definition) is 1. The molecule has 0 spiro atoms. The topological polar surface area (TPSA) is 80.5 Å². The van der Waals surface area contributed by atoms with E-state index in [4.69, 9.17) is 9.26 Å². The molecule has 1 aliphatic heterocycles. The van der Waals surface area contributed by atoms with Gasteiger partial charge in [0, 0.05) is 24.2 Å². The summed E-state index contributed by atoms with van der Waals surface area (Å²) >= 11 is 0. The molecule has 2 unspecified atom stereocenters. The molecule has 2 heterocycles. The predicted molar refractivity (Wildman–Crippen MR) is 118 cm³/mol. The molecule has 0 saturated carbocycles. The highest BCUT2D eigenvalue weighted by molar-refractivity contribution is 5.81. The average Bonchev–Trinajstić information content (AvgIpc) is 3.33. The number of aromatic nitrogens is 2. The highest BCUT2D eigenvalue weighted by Crippen LogP contribution is 2.28. The van der Waals surface area contributed by atoms with Crippen molar-refractivity contribution < 1.29 is 18.4 Å². The summed E-state index contributed by atoms with van der Waals surface area (Å²) < 4.78 is 24.4. The van der Waals surface area contributed by atoms with Gasteiger partial charge in [-0.15, -0.1) is 0 Å². The van der Waals surface area contributed by atoms with Crippen LogP contribution in [-0.2, 0) is 11.3 Å². The third-order valence-electron chi connectivity index (χ3n) is 5.90. The van der Waals surface area contributed by atoms with Crippen LogP contribution in [-0.4, -0.2) is 47.2 Å². The van der Waals surface area contributed by atoms with Crippen LogP contribution in [0.4, 0.5) is 4.39 Å². The number of benzene rings is 2. The Morgan fingerprint density at radius 1 is 1.31 bits per heavy atom. The number of nitrogens with one attached hydrogen (secondary N) is 1. The third kappa shape index (κ3) is 4.96. The fourth-order valence-corrected chi connectivity index (χ4v) is 4.05. The summed E-state index contributed by atoms with van der Waals surface area (Å²) in [6, 6.07) is 13.5. The smallest absolute Gasteiger partial charge is 0.237 e. The van der Waals surface area contributed by atoms with E-state index >= 15 is 0 Å². The van der Waals surface area contributed by atoms with Crippen LogP contribution in [0.2, 0.25) is 0 Å². The summed E-state index contributed by atoms with van der Waals surface area (Å²) in [6.45, 7) is 3.79. The number of likely N-dealkylation sites (tertiary alicyclic amines) is 1. The number of hydrogen-bond acceptors (Lipinski definition) is 6. The minimum absolute atomic E-state index is 0.0306. The van der Waals surface area contributed by atoms with Gasteiger partial charge in [0.25, 0.3) is 0 Å². The SMILES string of the molecule is COc1ccccc1CNC(=O)C(C)N1CCCC(c2nc(-c3cccc(F)c3)no2)C1. The van der Waals surface area contributed by atoms with Gasteiger partial charge in [0.15, 0.2) is 0 Å². The Kier molecular flexibility index (Phi) is 6.80. The summed E-state index contributed by atoms with van der Waals surface area (Å²) in [6.07, 6.45) is 1.82. The minimum atomic E-state index is -0.342. The van der Waals surface area contributed by atoms with Gasteiger partial charge in [-0.3, -0.25) is 9.69 Å². The number of piperidine rings is 1. The van der Waals surface area contributed by atoms with E-state index in [9.17, 15) is 9.18 Å². The van der Waals surface area contributed by atoms with E-state index in [1.54, 1.807) is 19.2 Å². The van der Waals surface area contributed by atoms with E-state index in [1.807, 2.05) is 31.2 Å². The van der Waals surface area contributed by atoms with E-state index in [-0.39, 0.29) is 23.7 Å². The number of halogens is 1. The number of para-hydroxylation sites is 1. The van der Waals surface area contributed by atoms with Crippen molar-refractivity contribution in [2.75, 3.05) is 20.2 Å². The molecular weight excluding hydrogens is 411 g/mol. The normalized spacial score (nSPS) is 17.7. The van der Waals surface area contributed by atoms with Gasteiger partial charge < -0.3 is 14.6 Å². The van der Waals surface area contributed by atoms with E-state index < -0.39 is 0 Å². The monoisotopic (exact) mass is 438 g/mol. The lowest BCUT2D eigenvalue weighted by atomic mass is 9.96. The fourth-order valence-electron chi connectivity index (χ4n) is 4.05. The Labute approximate surface area is 186 Å². The zero-order chi connectivity index (χ0) is 22.5. The van der Waals surface area contributed by atoms with E-state index in [0.717, 1.165) is 30.7 Å². The molecule has 0 radical (unpaired) electrons. The van der Waals surface area contributed by atoms with Gasteiger partial charge in [0.05, 0.1) is 19.1 Å². The van der Waals surface area contributed by atoms with Gasteiger partial charge in [0.1, 0.15) is 11.6 Å². The molecule has 1 N–H and O–H groups in total. The molecule has 1 aliphatic rings. The first-order chi connectivity index (χ1) is 15.5. The predicted octanol–water partition coefficient (Wildman–Crippen LogP) is 3.77. The van der Waals surface area contributed by atoms with Crippen molar-refractivity contribution in [1.82, 2.24) is 20.4 Å². The summed E-state index contributed by atoms with van der Waals surface area (Å²) in [7, 11) is 1.62. The van der Waals surface area contributed by atoms with Crippen molar-refractivity contribution in [2.24, 2.45) is 0 Å². The number of methoxy groups -OCH3 is 1. The molecule has 32 heavy (non-hydrogen) atoms. The second kappa shape index (κ2) is 9.91. The summed E-state index contributed by atoms with van der Waals surface area (Å²) in [5.41, 5.74) is 1.51. The maximum absolute atomic E-state index is 13.5. The van der Waals surface area contributed by atoms with Gasteiger partial charge in [-0.1, -0.05) is 35.5 Å². The number of nitrogens with zero attached hydrogens (tertiary/aromatic N) is 3. The van der Waals surface area contributed by atoms with Gasteiger partial charge in [-0.2, -0.15) is 4.98 Å². The van der Waals surface area contributed by atoms with Crippen LogP contribution in [0.25, 0.3) is 11.4 Å². The molecule has 2 atom stereocenters. The van der Waals surface area contributed by atoms with Crippen LogP contribution in [0.15, 0.2) is 53.1 Å². The number of carbonyl (C=O) groups is 1. The molecule has 0 bridgehead atoms. The summed E-state index contributed by atoms with van der Waals surface area (Å²) in [5.74, 6) is 1.30. The Balaban J connectivity index is 1.37. The van der Waals surface area contributed by atoms with Crippen molar-refractivity contribution >= 4 is 5.91 Å². The quantitative estimate of drug-likeness (QED) is 0.605. The molecule has 1 fully saturated rings. The van der Waals surface area contributed by atoms with Crippen molar-refractivity contribution in [3.05, 3.63) is 65.8 Å². The Hall–Kier alpha value is -3.26. The Morgan fingerprint density at radius 3 is 2.97 bits per heavy atom. The molecule has 1 amide bonds. The fraction of sp³-hybridized carbons (Fsp3) is 0.375. The van der Waals surface area contributed by atoms with Crippen molar-refractivity contribution in [2.45, 2.75) is 38.3 Å². The van der Waals surface area contributed by atoms with Gasteiger partial charge >= 0.3 is 0 Å². The lowest BCUT2D eigenvalue weighted by Crippen LogP contribution is -2.48. The molecule has 168 valence electrons. The Bertz CT molecular complexity index is 1070. The first-order valence-corrected chi connectivity index (χ1v) is 10.8. The number of rotatable bonds is 7. The van der Waals surface area contributed by atoms with Gasteiger partial charge in [-0.05, 0) is 44.5 Å². The second-order valence-corrected chi connectivity index (χ2v) is 8.01. The lowest BCUT2D eigenvalue weighted by Gasteiger charge is -2.34. The van der Waals surface area contributed by atoms with E-state index in [1.165, 1.54) is 12.1 Å². The Morgan fingerprint density at radius 2 is 2.16 bits per heavy atom. The summed E-state index contributed by atoms with van der Waals surface area (Å²) in [4.78, 5) is 19.4. The highest BCUT2D eigenvalue weighted by atomic mass is 19.1. The molecule has 0 aliphatic carbocycles. The van der Waals surface area contributed by atoms with Crippen LogP contribution in [0, 0.1) is 5.82 Å². The molecule has 4 rings (SSSR count).